The van der Waals surface area contributed by atoms with E-state index in [1.807, 2.05) is 17.0 Å². The number of furan rings is 1. The zero-order valence-electron chi connectivity index (χ0n) is 17.8. The lowest BCUT2D eigenvalue weighted by Crippen LogP contribution is -2.50. The van der Waals surface area contributed by atoms with Crippen LogP contribution >= 0.6 is 24.0 Å². The maximum atomic E-state index is 12.2. The minimum Gasteiger partial charge on any atom is -0.469 e. The second-order valence-corrected chi connectivity index (χ2v) is 7.72. The second-order valence-electron chi connectivity index (χ2n) is 7.72. The monoisotopic (exact) mass is 534 g/mol. The van der Waals surface area contributed by atoms with E-state index in [9.17, 15) is 4.79 Å². The molecule has 2 fully saturated rings. The number of hydrogen-bond acceptors (Lipinski definition) is 5. The van der Waals surface area contributed by atoms with Crippen molar-refractivity contribution in [3.8, 4) is 0 Å². The average molecular weight is 534 g/mol. The molecule has 9 heteroatoms. The predicted molar refractivity (Wildman–Crippen MR) is 126 cm³/mol. The van der Waals surface area contributed by atoms with Crippen LogP contribution in [0.15, 0.2) is 27.8 Å². The molecule has 8 nitrogen and oxygen atoms in total. The molecular formula is C21H35IN4O4. The highest BCUT2D eigenvalue weighted by Gasteiger charge is 2.23. The van der Waals surface area contributed by atoms with Crippen LogP contribution in [-0.4, -0.2) is 75.9 Å². The number of carbonyl (C=O) groups excluding carboxylic acids is 1. The Morgan fingerprint density at radius 2 is 2.17 bits per heavy atom. The second kappa shape index (κ2) is 13.9. The number of halogens is 1. The summed E-state index contributed by atoms with van der Waals surface area (Å²) >= 11 is 0. The van der Waals surface area contributed by atoms with E-state index >= 15 is 0 Å². The van der Waals surface area contributed by atoms with Gasteiger partial charge in [-0.1, -0.05) is 0 Å². The molecule has 0 spiro atoms. The minimum absolute atomic E-state index is 0. The van der Waals surface area contributed by atoms with Crippen LogP contribution < -0.4 is 10.6 Å². The van der Waals surface area contributed by atoms with E-state index in [2.05, 4.69) is 10.6 Å². The highest BCUT2D eigenvalue weighted by molar-refractivity contribution is 14.0. The Morgan fingerprint density at radius 3 is 2.83 bits per heavy atom. The summed E-state index contributed by atoms with van der Waals surface area (Å²) in [6.07, 6.45) is 5.88. The zero-order valence-corrected chi connectivity index (χ0v) is 20.1. The van der Waals surface area contributed by atoms with Crippen molar-refractivity contribution in [3.05, 3.63) is 24.2 Å². The third kappa shape index (κ3) is 8.43. The highest BCUT2D eigenvalue weighted by Crippen LogP contribution is 2.13. The van der Waals surface area contributed by atoms with Crippen molar-refractivity contribution in [2.45, 2.75) is 38.1 Å². The Hall–Kier alpha value is -1.33. The fourth-order valence-electron chi connectivity index (χ4n) is 3.67. The topological polar surface area (TPSA) is 88.3 Å². The molecule has 1 aromatic heterocycles. The fourth-order valence-corrected chi connectivity index (χ4v) is 3.67. The van der Waals surface area contributed by atoms with E-state index in [0.717, 1.165) is 76.8 Å². The smallest absolute Gasteiger partial charge is 0.224 e. The van der Waals surface area contributed by atoms with E-state index in [1.54, 1.807) is 13.4 Å². The van der Waals surface area contributed by atoms with E-state index < -0.39 is 0 Å². The molecule has 0 aromatic carbocycles. The van der Waals surface area contributed by atoms with Crippen molar-refractivity contribution in [2.75, 3.05) is 53.1 Å². The van der Waals surface area contributed by atoms with Crippen LogP contribution in [0.3, 0.4) is 0 Å². The van der Waals surface area contributed by atoms with Gasteiger partial charge in [0.1, 0.15) is 5.76 Å². The number of amides is 1. The van der Waals surface area contributed by atoms with Gasteiger partial charge in [-0.25, -0.2) is 0 Å². The molecule has 3 heterocycles. The number of likely N-dealkylation sites (tertiary alicyclic amines) is 1. The van der Waals surface area contributed by atoms with Crippen molar-refractivity contribution in [1.29, 1.82) is 0 Å². The minimum atomic E-state index is 0. The van der Waals surface area contributed by atoms with Gasteiger partial charge in [-0.15, -0.1) is 24.0 Å². The fraction of sp³-hybridized carbons (Fsp3) is 0.714. The first kappa shape index (κ1) is 24.9. The average Bonchev–Trinajstić information content (AvgIpc) is 3.45. The molecule has 2 saturated heterocycles. The zero-order chi connectivity index (χ0) is 20.3. The van der Waals surface area contributed by atoms with Crippen LogP contribution in [-0.2, 0) is 20.7 Å². The number of methoxy groups -OCH3 is 1. The molecule has 1 aromatic rings. The van der Waals surface area contributed by atoms with Crippen LogP contribution in [0.4, 0.5) is 0 Å². The standard InChI is InChI=1S/C21H34N4O4.HI/c1-27-13-8-20(26)25-10-5-18(6-11-25)24-21(23-15-17-7-14-28-16-17)22-9-4-19-3-2-12-29-19;/h2-3,12,17-18H,4-11,13-16H2,1H3,(H2,22,23,24);1H. The van der Waals surface area contributed by atoms with Gasteiger partial charge in [0.05, 0.1) is 25.9 Å². The number of hydrogen-bond donors (Lipinski definition) is 2. The lowest BCUT2D eigenvalue weighted by atomic mass is 10.0. The van der Waals surface area contributed by atoms with E-state index in [0.29, 0.717) is 25.0 Å². The number of rotatable bonds is 9. The molecule has 0 aliphatic carbocycles. The van der Waals surface area contributed by atoms with Crippen molar-refractivity contribution in [1.82, 2.24) is 15.5 Å². The number of aliphatic imine (C=N–C) groups is 1. The maximum Gasteiger partial charge on any atom is 0.224 e. The molecule has 1 atom stereocenters. The maximum absolute atomic E-state index is 12.2. The summed E-state index contributed by atoms with van der Waals surface area (Å²) in [5, 5.41) is 7.00. The summed E-state index contributed by atoms with van der Waals surface area (Å²) in [7, 11) is 1.63. The molecule has 170 valence electrons. The van der Waals surface area contributed by atoms with Gasteiger partial charge < -0.3 is 29.4 Å². The number of nitrogens with one attached hydrogen (secondary N) is 2. The molecule has 0 saturated carbocycles. The summed E-state index contributed by atoms with van der Waals surface area (Å²) in [4.78, 5) is 18.9. The van der Waals surface area contributed by atoms with E-state index in [4.69, 9.17) is 18.9 Å². The van der Waals surface area contributed by atoms with Gasteiger partial charge in [-0.2, -0.15) is 0 Å². The van der Waals surface area contributed by atoms with Gasteiger partial charge in [0.25, 0.3) is 0 Å². The van der Waals surface area contributed by atoms with Gasteiger partial charge in [0, 0.05) is 58.3 Å². The Morgan fingerprint density at radius 1 is 1.33 bits per heavy atom. The highest BCUT2D eigenvalue weighted by atomic mass is 127. The third-order valence-corrected chi connectivity index (χ3v) is 5.48. The molecule has 3 rings (SSSR count). The number of piperidine rings is 1. The number of guanidine groups is 1. The van der Waals surface area contributed by atoms with Gasteiger partial charge in [0.15, 0.2) is 5.96 Å². The Kier molecular flexibility index (Phi) is 11.5. The molecule has 1 amide bonds. The molecule has 2 aliphatic rings. The van der Waals surface area contributed by atoms with Gasteiger partial charge in [-0.3, -0.25) is 9.79 Å². The van der Waals surface area contributed by atoms with Crippen LogP contribution in [0.5, 0.6) is 0 Å². The normalized spacial score (nSPS) is 20.1. The van der Waals surface area contributed by atoms with E-state index in [-0.39, 0.29) is 29.9 Å². The third-order valence-electron chi connectivity index (χ3n) is 5.48. The number of carbonyl (C=O) groups is 1. The van der Waals surface area contributed by atoms with Gasteiger partial charge >= 0.3 is 0 Å². The predicted octanol–water partition coefficient (Wildman–Crippen LogP) is 2.04. The van der Waals surface area contributed by atoms with Crippen LogP contribution in [0.1, 0.15) is 31.4 Å². The van der Waals surface area contributed by atoms with Crippen molar-refractivity contribution >= 4 is 35.8 Å². The summed E-state index contributed by atoms with van der Waals surface area (Å²) in [6, 6.07) is 4.21. The van der Waals surface area contributed by atoms with Crippen LogP contribution in [0.2, 0.25) is 0 Å². The van der Waals surface area contributed by atoms with Crippen molar-refractivity contribution in [3.63, 3.8) is 0 Å². The first-order valence-corrected chi connectivity index (χ1v) is 10.7. The molecule has 0 radical (unpaired) electrons. The summed E-state index contributed by atoms with van der Waals surface area (Å²) in [5.41, 5.74) is 0. The van der Waals surface area contributed by atoms with Gasteiger partial charge in [-0.05, 0) is 31.4 Å². The number of nitrogens with zero attached hydrogens (tertiary/aromatic N) is 2. The summed E-state index contributed by atoms with van der Waals surface area (Å²) in [5.74, 6) is 2.48. The largest absolute Gasteiger partial charge is 0.469 e. The quantitative estimate of drug-likeness (QED) is 0.287. The Labute approximate surface area is 196 Å². The number of ether oxygens (including phenoxy) is 2. The van der Waals surface area contributed by atoms with E-state index in [1.165, 1.54) is 0 Å². The molecule has 0 bridgehead atoms. The molecule has 2 N–H and O–H groups in total. The first-order valence-electron chi connectivity index (χ1n) is 10.7. The lowest BCUT2D eigenvalue weighted by Gasteiger charge is -2.33. The van der Waals surface area contributed by atoms with Gasteiger partial charge in [0.2, 0.25) is 5.91 Å². The van der Waals surface area contributed by atoms with Crippen molar-refractivity contribution in [2.24, 2.45) is 10.9 Å². The molecule has 1 unspecified atom stereocenters. The van der Waals surface area contributed by atoms with Crippen molar-refractivity contribution < 1.29 is 18.7 Å². The SMILES string of the molecule is COCCC(=O)N1CCC(NC(=NCC2CCOC2)NCCc2ccco2)CC1.I. The Bertz CT molecular complexity index is 627. The molecular weight excluding hydrogens is 499 g/mol. The first-order chi connectivity index (χ1) is 14.2. The molecule has 2 aliphatic heterocycles. The Balaban J connectivity index is 0.00000320. The summed E-state index contributed by atoms with van der Waals surface area (Å²) < 4.78 is 15.9. The van der Waals surface area contributed by atoms with Crippen LogP contribution in [0, 0.1) is 5.92 Å². The molecule has 30 heavy (non-hydrogen) atoms. The van der Waals surface area contributed by atoms with Crippen LogP contribution in [0.25, 0.3) is 0 Å². The summed E-state index contributed by atoms with van der Waals surface area (Å²) in [6.45, 7) is 5.19. The lowest BCUT2D eigenvalue weighted by molar-refractivity contribution is -0.133.